The smallest absolute Gasteiger partial charge is 0.137 e. The van der Waals surface area contributed by atoms with Gasteiger partial charge in [-0.15, -0.1) is 0 Å². The molecule has 3 heteroatoms. The number of benzene rings is 1. The summed E-state index contributed by atoms with van der Waals surface area (Å²) in [5, 5.41) is 3.75. The van der Waals surface area contributed by atoms with E-state index in [1.54, 1.807) is 13.3 Å². The number of ether oxygens (including phenoxy) is 1. The van der Waals surface area contributed by atoms with Crippen molar-refractivity contribution in [2.45, 2.75) is 52.1 Å². The number of nitrogens with zero attached hydrogens (tertiary/aromatic N) is 1. The Kier molecular flexibility index (Phi) is 6.09. The Bertz CT molecular complexity index is 668. The SMILES string of the molecule is CCC(C)C1CCC(NCc2ccc(-c3cncc(OC)c3)cc2)C1. The van der Waals surface area contributed by atoms with Crippen molar-refractivity contribution in [1.82, 2.24) is 10.3 Å². The molecular formula is C22H30N2O. The molecule has 1 N–H and O–H groups in total. The van der Waals surface area contributed by atoms with Crippen molar-refractivity contribution in [1.29, 1.82) is 0 Å². The number of rotatable bonds is 7. The summed E-state index contributed by atoms with van der Waals surface area (Å²) in [7, 11) is 1.67. The number of nitrogens with one attached hydrogen (secondary N) is 1. The third-order valence-electron chi connectivity index (χ3n) is 5.75. The maximum Gasteiger partial charge on any atom is 0.137 e. The van der Waals surface area contributed by atoms with Crippen LogP contribution in [0.25, 0.3) is 11.1 Å². The van der Waals surface area contributed by atoms with Gasteiger partial charge in [-0.1, -0.05) is 44.5 Å². The van der Waals surface area contributed by atoms with Crippen molar-refractivity contribution < 1.29 is 4.74 Å². The fourth-order valence-corrected chi connectivity index (χ4v) is 3.82. The van der Waals surface area contributed by atoms with E-state index in [9.17, 15) is 0 Å². The highest BCUT2D eigenvalue weighted by Gasteiger charge is 2.27. The third kappa shape index (κ3) is 4.60. The lowest BCUT2D eigenvalue weighted by atomic mass is 9.90. The van der Waals surface area contributed by atoms with Crippen LogP contribution in [0.5, 0.6) is 5.75 Å². The van der Waals surface area contributed by atoms with Crippen molar-refractivity contribution in [3.05, 3.63) is 48.3 Å². The molecule has 3 rings (SSSR count). The highest BCUT2D eigenvalue weighted by atomic mass is 16.5. The maximum absolute atomic E-state index is 5.26. The van der Waals surface area contributed by atoms with Gasteiger partial charge in [-0.3, -0.25) is 4.98 Å². The van der Waals surface area contributed by atoms with Gasteiger partial charge >= 0.3 is 0 Å². The Hall–Kier alpha value is -1.87. The molecule has 134 valence electrons. The van der Waals surface area contributed by atoms with Crippen molar-refractivity contribution >= 4 is 0 Å². The molecule has 3 nitrogen and oxygen atoms in total. The summed E-state index contributed by atoms with van der Waals surface area (Å²) in [6.07, 6.45) is 8.96. The van der Waals surface area contributed by atoms with Gasteiger partial charge in [0.05, 0.1) is 13.3 Å². The zero-order valence-electron chi connectivity index (χ0n) is 15.7. The van der Waals surface area contributed by atoms with Gasteiger partial charge in [-0.25, -0.2) is 0 Å². The number of aromatic nitrogens is 1. The molecule has 25 heavy (non-hydrogen) atoms. The predicted molar refractivity (Wildman–Crippen MR) is 104 cm³/mol. The monoisotopic (exact) mass is 338 g/mol. The number of hydrogen-bond donors (Lipinski definition) is 1. The molecule has 1 aliphatic carbocycles. The molecule has 0 radical (unpaired) electrons. The van der Waals surface area contributed by atoms with Crippen molar-refractivity contribution in [3.8, 4) is 16.9 Å². The second-order valence-electron chi connectivity index (χ2n) is 7.35. The Balaban J connectivity index is 1.55. The summed E-state index contributed by atoms with van der Waals surface area (Å²) >= 11 is 0. The van der Waals surface area contributed by atoms with Crippen LogP contribution in [-0.4, -0.2) is 18.1 Å². The van der Waals surface area contributed by atoms with E-state index >= 15 is 0 Å². The second-order valence-corrected chi connectivity index (χ2v) is 7.35. The lowest BCUT2D eigenvalue weighted by Crippen LogP contribution is -2.26. The van der Waals surface area contributed by atoms with Gasteiger partial charge in [0.15, 0.2) is 0 Å². The molecule has 1 aromatic carbocycles. The Morgan fingerprint density at radius 2 is 1.96 bits per heavy atom. The minimum atomic E-state index is 0.682. The number of hydrogen-bond acceptors (Lipinski definition) is 3. The zero-order valence-corrected chi connectivity index (χ0v) is 15.7. The molecule has 1 aliphatic rings. The minimum absolute atomic E-state index is 0.682. The molecule has 1 fully saturated rings. The molecule has 0 amide bonds. The zero-order chi connectivity index (χ0) is 17.6. The number of methoxy groups -OCH3 is 1. The topological polar surface area (TPSA) is 34.2 Å². The molecule has 2 aromatic rings. The number of pyridine rings is 1. The van der Waals surface area contributed by atoms with Crippen LogP contribution in [-0.2, 0) is 6.54 Å². The van der Waals surface area contributed by atoms with E-state index in [2.05, 4.69) is 48.4 Å². The molecule has 3 atom stereocenters. The van der Waals surface area contributed by atoms with Crippen molar-refractivity contribution in [2.24, 2.45) is 11.8 Å². The van der Waals surface area contributed by atoms with Crippen LogP contribution < -0.4 is 10.1 Å². The lowest BCUT2D eigenvalue weighted by molar-refractivity contribution is 0.346. The van der Waals surface area contributed by atoms with Gasteiger partial charge in [0, 0.05) is 24.3 Å². The first-order chi connectivity index (χ1) is 12.2. The van der Waals surface area contributed by atoms with E-state index in [1.807, 2.05) is 12.3 Å². The van der Waals surface area contributed by atoms with Gasteiger partial charge in [0.1, 0.15) is 5.75 Å². The standard InChI is InChI=1S/C22H30N2O/c1-4-16(2)19-9-10-21(11-19)24-13-17-5-7-18(8-6-17)20-12-22(25-3)15-23-14-20/h5-8,12,14-16,19,21,24H,4,9-11,13H2,1-3H3. The van der Waals surface area contributed by atoms with Crippen LogP contribution in [0.2, 0.25) is 0 Å². The van der Waals surface area contributed by atoms with Crippen LogP contribution in [0.15, 0.2) is 42.7 Å². The molecular weight excluding hydrogens is 308 g/mol. The molecule has 0 saturated heterocycles. The molecule has 1 aromatic heterocycles. The first-order valence-electron chi connectivity index (χ1n) is 9.51. The van der Waals surface area contributed by atoms with Crippen LogP contribution in [0.1, 0.15) is 45.1 Å². The van der Waals surface area contributed by atoms with Crippen LogP contribution >= 0.6 is 0 Å². The second kappa shape index (κ2) is 8.48. The minimum Gasteiger partial charge on any atom is -0.495 e. The normalized spacial score (nSPS) is 21.2. The average molecular weight is 338 g/mol. The maximum atomic E-state index is 5.26. The predicted octanol–water partition coefficient (Wildman–Crippen LogP) is 5.06. The molecule has 0 aliphatic heterocycles. The highest BCUT2D eigenvalue weighted by molar-refractivity contribution is 5.64. The van der Waals surface area contributed by atoms with E-state index in [0.29, 0.717) is 6.04 Å². The summed E-state index contributed by atoms with van der Waals surface area (Å²) in [4.78, 5) is 4.23. The summed E-state index contributed by atoms with van der Waals surface area (Å²) in [5.74, 6) is 2.56. The third-order valence-corrected chi connectivity index (χ3v) is 5.75. The summed E-state index contributed by atoms with van der Waals surface area (Å²) in [5.41, 5.74) is 3.60. The molecule has 0 spiro atoms. The van der Waals surface area contributed by atoms with Gasteiger partial charge in [0.2, 0.25) is 0 Å². The van der Waals surface area contributed by atoms with Gasteiger partial charge in [-0.05, 0) is 48.3 Å². The van der Waals surface area contributed by atoms with E-state index in [0.717, 1.165) is 29.7 Å². The Morgan fingerprint density at radius 1 is 1.16 bits per heavy atom. The van der Waals surface area contributed by atoms with Crippen molar-refractivity contribution in [3.63, 3.8) is 0 Å². The van der Waals surface area contributed by atoms with E-state index in [4.69, 9.17) is 4.74 Å². The van der Waals surface area contributed by atoms with E-state index in [1.165, 1.54) is 36.8 Å². The highest BCUT2D eigenvalue weighted by Crippen LogP contribution is 2.33. The summed E-state index contributed by atoms with van der Waals surface area (Å²) in [6, 6.07) is 11.5. The van der Waals surface area contributed by atoms with Gasteiger partial charge < -0.3 is 10.1 Å². The first kappa shape index (κ1) is 17.9. The van der Waals surface area contributed by atoms with Crippen LogP contribution in [0, 0.1) is 11.8 Å². The van der Waals surface area contributed by atoms with Gasteiger partial charge in [-0.2, -0.15) is 0 Å². The fourth-order valence-electron chi connectivity index (χ4n) is 3.82. The van der Waals surface area contributed by atoms with Crippen LogP contribution in [0.4, 0.5) is 0 Å². The largest absolute Gasteiger partial charge is 0.495 e. The fraction of sp³-hybridized carbons (Fsp3) is 0.500. The Morgan fingerprint density at radius 3 is 2.68 bits per heavy atom. The average Bonchev–Trinajstić information content (AvgIpc) is 3.15. The van der Waals surface area contributed by atoms with Crippen molar-refractivity contribution in [2.75, 3.05) is 7.11 Å². The summed E-state index contributed by atoms with van der Waals surface area (Å²) in [6.45, 7) is 5.67. The summed E-state index contributed by atoms with van der Waals surface area (Å²) < 4.78 is 5.26. The lowest BCUT2D eigenvalue weighted by Gasteiger charge is -2.18. The Labute approximate surface area is 151 Å². The van der Waals surface area contributed by atoms with Crippen LogP contribution in [0.3, 0.4) is 0 Å². The molecule has 3 unspecified atom stereocenters. The quantitative estimate of drug-likeness (QED) is 0.766. The molecule has 0 bridgehead atoms. The van der Waals surface area contributed by atoms with E-state index in [-0.39, 0.29) is 0 Å². The van der Waals surface area contributed by atoms with Gasteiger partial charge in [0.25, 0.3) is 0 Å². The first-order valence-corrected chi connectivity index (χ1v) is 9.51. The molecule has 1 saturated carbocycles. The molecule has 1 heterocycles. The van der Waals surface area contributed by atoms with E-state index < -0.39 is 0 Å².